The smallest absolute Gasteiger partial charge is 0.234 e. The number of carbonyl (C=O) groups excluding carboxylic acids is 2. The number of carbonyl (C=O) groups is 2. The van der Waals surface area contributed by atoms with Crippen LogP contribution in [-0.4, -0.2) is 49.3 Å². The number of rotatable bonds is 7. The third-order valence-corrected chi connectivity index (χ3v) is 6.71. The van der Waals surface area contributed by atoms with Crippen molar-refractivity contribution in [1.82, 2.24) is 10.2 Å². The van der Waals surface area contributed by atoms with Gasteiger partial charge in [0.15, 0.2) is 5.78 Å². The van der Waals surface area contributed by atoms with Crippen LogP contribution in [0, 0.1) is 11.6 Å². The van der Waals surface area contributed by atoms with E-state index < -0.39 is 5.82 Å². The van der Waals surface area contributed by atoms with Gasteiger partial charge in [-0.3, -0.25) is 14.5 Å². The predicted molar refractivity (Wildman–Crippen MR) is 126 cm³/mol. The topological polar surface area (TPSA) is 52.7 Å². The minimum Gasteiger partial charge on any atom is -0.367 e. The van der Waals surface area contributed by atoms with E-state index in [9.17, 15) is 18.4 Å². The summed E-state index contributed by atoms with van der Waals surface area (Å²) >= 11 is 1.53. The zero-order valence-electron chi connectivity index (χ0n) is 18.3. The highest BCUT2D eigenvalue weighted by atomic mass is 32.1. The first-order valence-corrected chi connectivity index (χ1v) is 11.6. The van der Waals surface area contributed by atoms with Crippen molar-refractivity contribution in [3.05, 3.63) is 87.6 Å². The SMILES string of the molecule is CC(=O)c1ccc(N2CCN(CC(=O)N[C@H](c3ccc(F)cc3)c3cccs3)CC2)c(F)c1. The van der Waals surface area contributed by atoms with Crippen LogP contribution >= 0.6 is 11.3 Å². The predicted octanol–water partition coefficient (Wildman–Crippen LogP) is 4.26. The maximum Gasteiger partial charge on any atom is 0.234 e. The minimum atomic E-state index is -0.410. The Morgan fingerprint density at radius 2 is 1.76 bits per heavy atom. The molecule has 1 atom stereocenters. The van der Waals surface area contributed by atoms with Gasteiger partial charge < -0.3 is 10.2 Å². The van der Waals surface area contributed by atoms with Gasteiger partial charge in [0, 0.05) is 36.6 Å². The monoisotopic (exact) mass is 469 g/mol. The van der Waals surface area contributed by atoms with Crippen molar-refractivity contribution in [1.29, 1.82) is 0 Å². The van der Waals surface area contributed by atoms with Crippen molar-refractivity contribution in [2.24, 2.45) is 0 Å². The molecule has 0 saturated carbocycles. The fourth-order valence-electron chi connectivity index (χ4n) is 3.97. The van der Waals surface area contributed by atoms with Gasteiger partial charge in [0.1, 0.15) is 11.6 Å². The second-order valence-electron chi connectivity index (χ2n) is 8.05. The molecule has 0 radical (unpaired) electrons. The number of thiophene rings is 1. The Hall–Kier alpha value is -3.10. The second kappa shape index (κ2) is 10.2. The third-order valence-electron chi connectivity index (χ3n) is 5.77. The molecular weight excluding hydrogens is 444 g/mol. The average Bonchev–Trinajstić information content (AvgIpc) is 3.33. The second-order valence-corrected chi connectivity index (χ2v) is 9.03. The standard InChI is InChI=1S/C25H25F2N3O2S/c1-17(31)19-6-9-22(21(27)15-19)30-12-10-29(11-13-30)16-24(32)28-25(23-3-2-14-33-23)18-4-7-20(26)8-5-18/h2-9,14-15,25H,10-13,16H2,1H3,(H,28,32)/t25-/m1/s1. The van der Waals surface area contributed by atoms with Crippen molar-refractivity contribution in [2.75, 3.05) is 37.6 Å². The van der Waals surface area contributed by atoms with Crippen molar-refractivity contribution in [3.8, 4) is 0 Å². The van der Waals surface area contributed by atoms with Gasteiger partial charge >= 0.3 is 0 Å². The number of hydrogen-bond acceptors (Lipinski definition) is 5. The molecule has 2 heterocycles. The van der Waals surface area contributed by atoms with E-state index in [1.807, 2.05) is 27.3 Å². The molecule has 5 nitrogen and oxygen atoms in total. The van der Waals surface area contributed by atoms with Crippen molar-refractivity contribution in [2.45, 2.75) is 13.0 Å². The molecule has 1 aliphatic rings. The molecular formula is C25H25F2N3O2S. The molecule has 3 aromatic rings. The lowest BCUT2D eigenvalue weighted by atomic mass is 10.1. The van der Waals surface area contributed by atoms with Gasteiger partial charge in [0.2, 0.25) is 5.91 Å². The Morgan fingerprint density at radius 3 is 2.36 bits per heavy atom. The van der Waals surface area contributed by atoms with Gasteiger partial charge in [0.05, 0.1) is 18.3 Å². The highest BCUT2D eigenvalue weighted by Crippen LogP contribution is 2.26. The van der Waals surface area contributed by atoms with Gasteiger partial charge in [-0.1, -0.05) is 18.2 Å². The van der Waals surface area contributed by atoms with Crippen molar-refractivity contribution >= 4 is 28.7 Å². The minimum absolute atomic E-state index is 0.122. The van der Waals surface area contributed by atoms with Gasteiger partial charge in [-0.05, 0) is 54.3 Å². The molecule has 1 aromatic heterocycles. The summed E-state index contributed by atoms with van der Waals surface area (Å²) in [5.41, 5.74) is 1.65. The number of hydrogen-bond donors (Lipinski definition) is 1. The van der Waals surface area contributed by atoms with E-state index in [0.717, 1.165) is 10.4 Å². The van der Waals surface area contributed by atoms with E-state index in [2.05, 4.69) is 5.32 Å². The van der Waals surface area contributed by atoms with E-state index in [1.54, 1.807) is 24.3 Å². The number of anilines is 1. The molecule has 1 N–H and O–H groups in total. The van der Waals surface area contributed by atoms with Crippen LogP contribution in [0.5, 0.6) is 0 Å². The summed E-state index contributed by atoms with van der Waals surface area (Å²) in [5.74, 6) is -1.02. The number of piperazine rings is 1. The normalized spacial score (nSPS) is 15.3. The molecule has 0 unspecified atom stereocenters. The highest BCUT2D eigenvalue weighted by Gasteiger charge is 2.24. The number of Topliss-reactive ketones (excluding diaryl/α,β-unsaturated/α-hetero) is 1. The fraction of sp³-hybridized carbons (Fsp3) is 0.280. The van der Waals surface area contributed by atoms with E-state index >= 15 is 0 Å². The number of nitrogens with zero attached hydrogens (tertiary/aromatic N) is 2. The zero-order chi connectivity index (χ0) is 23.4. The maximum absolute atomic E-state index is 14.5. The van der Waals surface area contributed by atoms with E-state index in [1.165, 1.54) is 36.5 Å². The average molecular weight is 470 g/mol. The van der Waals surface area contributed by atoms with Gasteiger partial charge in [-0.2, -0.15) is 0 Å². The largest absolute Gasteiger partial charge is 0.367 e. The van der Waals surface area contributed by atoms with Gasteiger partial charge in [0.25, 0.3) is 0 Å². The van der Waals surface area contributed by atoms with Crippen LogP contribution in [0.2, 0.25) is 0 Å². The van der Waals surface area contributed by atoms with E-state index in [4.69, 9.17) is 0 Å². The van der Waals surface area contributed by atoms with Crippen LogP contribution in [-0.2, 0) is 4.79 Å². The van der Waals surface area contributed by atoms with Crippen LogP contribution in [0.1, 0.15) is 33.8 Å². The van der Waals surface area contributed by atoms with Crippen LogP contribution in [0.15, 0.2) is 60.0 Å². The Morgan fingerprint density at radius 1 is 1.03 bits per heavy atom. The van der Waals surface area contributed by atoms with Crippen LogP contribution in [0.25, 0.3) is 0 Å². The molecule has 0 bridgehead atoms. The van der Waals surface area contributed by atoms with E-state index in [0.29, 0.717) is 37.4 Å². The molecule has 1 fully saturated rings. The van der Waals surface area contributed by atoms with Crippen LogP contribution < -0.4 is 10.2 Å². The molecule has 172 valence electrons. The summed E-state index contributed by atoms with van der Waals surface area (Å²) in [5, 5.41) is 5.02. The number of halogens is 2. The van der Waals surface area contributed by atoms with Gasteiger partial charge in [-0.25, -0.2) is 8.78 Å². The first-order valence-electron chi connectivity index (χ1n) is 10.8. The fourth-order valence-corrected chi connectivity index (χ4v) is 4.77. The Balaban J connectivity index is 1.35. The summed E-state index contributed by atoms with van der Waals surface area (Å²) < 4.78 is 27.8. The molecule has 0 spiro atoms. The number of benzene rings is 2. The quantitative estimate of drug-likeness (QED) is 0.526. The molecule has 0 aliphatic carbocycles. The molecule has 1 saturated heterocycles. The van der Waals surface area contributed by atoms with Crippen LogP contribution in [0.4, 0.5) is 14.5 Å². The molecule has 1 aliphatic heterocycles. The highest BCUT2D eigenvalue weighted by molar-refractivity contribution is 7.10. The van der Waals surface area contributed by atoms with Crippen molar-refractivity contribution in [3.63, 3.8) is 0 Å². The van der Waals surface area contributed by atoms with Gasteiger partial charge in [-0.15, -0.1) is 11.3 Å². The number of nitrogens with one attached hydrogen (secondary N) is 1. The van der Waals surface area contributed by atoms with Crippen LogP contribution in [0.3, 0.4) is 0 Å². The molecule has 4 rings (SSSR count). The first-order chi connectivity index (χ1) is 15.9. The summed E-state index contributed by atoms with van der Waals surface area (Å²) in [6.07, 6.45) is 0. The molecule has 2 aromatic carbocycles. The van der Waals surface area contributed by atoms with Crippen molar-refractivity contribution < 1.29 is 18.4 Å². The Kier molecular flexibility index (Phi) is 7.15. The molecule has 8 heteroatoms. The summed E-state index contributed by atoms with van der Waals surface area (Å²) in [6.45, 7) is 4.02. The molecule has 33 heavy (non-hydrogen) atoms. The number of amides is 1. The third kappa shape index (κ3) is 5.64. The lowest BCUT2D eigenvalue weighted by Gasteiger charge is -2.36. The molecule has 1 amide bonds. The lowest BCUT2D eigenvalue weighted by molar-refractivity contribution is -0.122. The maximum atomic E-state index is 14.5. The first kappa shape index (κ1) is 23.1. The number of ketones is 1. The van der Waals surface area contributed by atoms with E-state index in [-0.39, 0.29) is 30.1 Å². The summed E-state index contributed by atoms with van der Waals surface area (Å²) in [7, 11) is 0. The zero-order valence-corrected chi connectivity index (χ0v) is 19.1. The summed E-state index contributed by atoms with van der Waals surface area (Å²) in [6, 6.07) is 14.2. The lowest BCUT2D eigenvalue weighted by Crippen LogP contribution is -2.50. The summed E-state index contributed by atoms with van der Waals surface area (Å²) in [4.78, 5) is 29.2. The Bertz CT molecular complexity index is 1110. The Labute approximate surface area is 195 Å².